The predicted molar refractivity (Wildman–Crippen MR) is 67.7 cm³/mol. The first-order valence-electron chi connectivity index (χ1n) is 5.38. The van der Waals surface area contributed by atoms with E-state index in [1.807, 2.05) is 18.2 Å². The molecule has 0 unspecified atom stereocenters. The molecule has 1 N–H and O–H groups in total. The smallest absolute Gasteiger partial charge is 0.0595 e. The molecule has 0 aliphatic carbocycles. The minimum Gasteiger partial charge on any atom is -0.313 e. The summed E-state index contributed by atoms with van der Waals surface area (Å²) in [6.45, 7) is 4.13. The lowest BCUT2D eigenvalue weighted by atomic mass is 10.2. The lowest BCUT2D eigenvalue weighted by molar-refractivity contribution is 0.617. The van der Waals surface area contributed by atoms with E-state index in [4.69, 9.17) is 23.2 Å². The van der Waals surface area contributed by atoms with E-state index in [1.165, 1.54) is 24.8 Å². The van der Waals surface area contributed by atoms with Crippen molar-refractivity contribution in [2.45, 2.75) is 32.7 Å². The standard InChI is InChI=1S/C12H17Cl2N/c1-2-3-4-7-15-9-10-5-6-11(13)12(14)8-10/h5-6,8,15H,2-4,7,9H2,1H3. The van der Waals surface area contributed by atoms with Gasteiger partial charge >= 0.3 is 0 Å². The molecule has 0 spiro atoms. The second-order valence-electron chi connectivity index (χ2n) is 3.63. The summed E-state index contributed by atoms with van der Waals surface area (Å²) in [6.07, 6.45) is 3.78. The molecule has 1 aromatic carbocycles. The highest BCUT2D eigenvalue weighted by molar-refractivity contribution is 6.42. The van der Waals surface area contributed by atoms with Crippen LogP contribution in [0.25, 0.3) is 0 Å². The van der Waals surface area contributed by atoms with Crippen LogP contribution >= 0.6 is 23.2 Å². The van der Waals surface area contributed by atoms with Gasteiger partial charge in [0.05, 0.1) is 10.0 Å². The van der Waals surface area contributed by atoms with Gasteiger partial charge in [-0.3, -0.25) is 0 Å². The van der Waals surface area contributed by atoms with Crippen LogP contribution in [0.1, 0.15) is 31.7 Å². The van der Waals surface area contributed by atoms with E-state index in [0.717, 1.165) is 13.1 Å². The Bertz CT molecular complexity index is 300. The fourth-order valence-electron chi connectivity index (χ4n) is 1.38. The monoisotopic (exact) mass is 245 g/mol. The Kier molecular flexibility index (Phi) is 6.07. The highest BCUT2D eigenvalue weighted by atomic mass is 35.5. The van der Waals surface area contributed by atoms with E-state index >= 15 is 0 Å². The molecule has 3 heteroatoms. The number of benzene rings is 1. The van der Waals surface area contributed by atoms with Crippen molar-refractivity contribution in [1.82, 2.24) is 5.32 Å². The first-order chi connectivity index (χ1) is 7.24. The van der Waals surface area contributed by atoms with Crippen molar-refractivity contribution in [3.05, 3.63) is 33.8 Å². The molecular weight excluding hydrogens is 229 g/mol. The first kappa shape index (κ1) is 12.8. The second-order valence-corrected chi connectivity index (χ2v) is 4.45. The van der Waals surface area contributed by atoms with Crippen molar-refractivity contribution >= 4 is 23.2 Å². The Labute approximate surface area is 102 Å². The molecule has 0 saturated carbocycles. The van der Waals surface area contributed by atoms with E-state index < -0.39 is 0 Å². The van der Waals surface area contributed by atoms with Crippen molar-refractivity contribution in [3.63, 3.8) is 0 Å². The van der Waals surface area contributed by atoms with E-state index in [2.05, 4.69) is 12.2 Å². The third kappa shape index (κ3) is 4.87. The van der Waals surface area contributed by atoms with E-state index in [-0.39, 0.29) is 0 Å². The lowest BCUT2D eigenvalue weighted by Gasteiger charge is -2.05. The van der Waals surface area contributed by atoms with Crippen LogP contribution in [0.15, 0.2) is 18.2 Å². The molecule has 0 aliphatic heterocycles. The first-order valence-corrected chi connectivity index (χ1v) is 6.14. The van der Waals surface area contributed by atoms with Gasteiger partial charge in [-0.15, -0.1) is 0 Å². The summed E-state index contributed by atoms with van der Waals surface area (Å²) in [5.74, 6) is 0. The number of hydrogen-bond donors (Lipinski definition) is 1. The van der Waals surface area contributed by atoms with Gasteiger partial charge in [0.1, 0.15) is 0 Å². The second kappa shape index (κ2) is 7.10. The SMILES string of the molecule is CCCCCNCc1ccc(Cl)c(Cl)c1. The Morgan fingerprint density at radius 3 is 2.60 bits per heavy atom. The quantitative estimate of drug-likeness (QED) is 0.739. The molecule has 15 heavy (non-hydrogen) atoms. The van der Waals surface area contributed by atoms with Gasteiger partial charge in [-0.2, -0.15) is 0 Å². The van der Waals surface area contributed by atoms with E-state index in [9.17, 15) is 0 Å². The fraction of sp³-hybridized carbons (Fsp3) is 0.500. The molecule has 1 nitrogen and oxygen atoms in total. The van der Waals surface area contributed by atoms with Crippen LogP contribution in [-0.2, 0) is 6.54 Å². The van der Waals surface area contributed by atoms with Gasteiger partial charge in [0, 0.05) is 6.54 Å². The molecular formula is C12H17Cl2N. The Morgan fingerprint density at radius 1 is 1.13 bits per heavy atom. The molecule has 84 valence electrons. The topological polar surface area (TPSA) is 12.0 Å². The summed E-state index contributed by atoms with van der Waals surface area (Å²) >= 11 is 11.7. The maximum Gasteiger partial charge on any atom is 0.0595 e. The molecule has 0 amide bonds. The molecule has 1 aromatic rings. The van der Waals surface area contributed by atoms with Crippen LogP contribution in [0.5, 0.6) is 0 Å². The Balaban J connectivity index is 2.28. The average molecular weight is 246 g/mol. The third-order valence-electron chi connectivity index (χ3n) is 2.27. The van der Waals surface area contributed by atoms with Gasteiger partial charge in [-0.1, -0.05) is 49.0 Å². The molecule has 0 aromatic heterocycles. The van der Waals surface area contributed by atoms with Gasteiger partial charge in [-0.05, 0) is 30.7 Å². The maximum absolute atomic E-state index is 5.92. The summed E-state index contributed by atoms with van der Waals surface area (Å²) in [5.41, 5.74) is 1.18. The molecule has 0 atom stereocenters. The molecule has 1 rings (SSSR count). The summed E-state index contributed by atoms with van der Waals surface area (Å²) < 4.78 is 0. The van der Waals surface area contributed by atoms with Gasteiger partial charge in [-0.25, -0.2) is 0 Å². The summed E-state index contributed by atoms with van der Waals surface area (Å²) in [7, 11) is 0. The number of nitrogens with one attached hydrogen (secondary N) is 1. The highest BCUT2D eigenvalue weighted by Crippen LogP contribution is 2.22. The van der Waals surface area contributed by atoms with Crippen molar-refractivity contribution in [2.75, 3.05) is 6.54 Å². The fourth-order valence-corrected chi connectivity index (χ4v) is 1.70. The number of halogens is 2. The van der Waals surface area contributed by atoms with Gasteiger partial charge in [0.25, 0.3) is 0 Å². The van der Waals surface area contributed by atoms with Crippen molar-refractivity contribution in [3.8, 4) is 0 Å². The number of rotatable bonds is 6. The normalized spacial score (nSPS) is 10.6. The minimum atomic E-state index is 0.617. The molecule has 0 saturated heterocycles. The van der Waals surface area contributed by atoms with Crippen molar-refractivity contribution < 1.29 is 0 Å². The van der Waals surface area contributed by atoms with Crippen LogP contribution in [0.3, 0.4) is 0 Å². The van der Waals surface area contributed by atoms with Gasteiger partial charge in [0.15, 0.2) is 0 Å². The van der Waals surface area contributed by atoms with Crippen LogP contribution < -0.4 is 5.32 Å². The summed E-state index contributed by atoms with van der Waals surface area (Å²) in [6, 6.07) is 5.75. The van der Waals surface area contributed by atoms with Gasteiger partial charge < -0.3 is 5.32 Å². The maximum atomic E-state index is 5.92. The molecule has 0 heterocycles. The zero-order valence-corrected chi connectivity index (χ0v) is 10.5. The van der Waals surface area contributed by atoms with E-state index in [1.54, 1.807) is 0 Å². The molecule has 0 fully saturated rings. The van der Waals surface area contributed by atoms with E-state index in [0.29, 0.717) is 10.0 Å². The molecule has 0 aliphatic rings. The summed E-state index contributed by atoms with van der Waals surface area (Å²) in [5, 5.41) is 4.63. The third-order valence-corrected chi connectivity index (χ3v) is 3.01. The van der Waals surface area contributed by atoms with Crippen LogP contribution in [0, 0.1) is 0 Å². The Hall–Kier alpha value is -0.240. The lowest BCUT2D eigenvalue weighted by Crippen LogP contribution is -2.14. The van der Waals surface area contributed by atoms with Gasteiger partial charge in [0.2, 0.25) is 0 Å². The number of hydrogen-bond acceptors (Lipinski definition) is 1. The highest BCUT2D eigenvalue weighted by Gasteiger charge is 1.98. The zero-order valence-electron chi connectivity index (χ0n) is 9.02. The Morgan fingerprint density at radius 2 is 1.93 bits per heavy atom. The average Bonchev–Trinajstić information content (AvgIpc) is 2.23. The molecule has 0 bridgehead atoms. The predicted octanol–water partition coefficient (Wildman–Crippen LogP) is 4.27. The molecule has 0 radical (unpaired) electrons. The van der Waals surface area contributed by atoms with Crippen LogP contribution in [0.4, 0.5) is 0 Å². The van der Waals surface area contributed by atoms with Crippen LogP contribution in [-0.4, -0.2) is 6.54 Å². The summed E-state index contributed by atoms with van der Waals surface area (Å²) in [4.78, 5) is 0. The van der Waals surface area contributed by atoms with Crippen molar-refractivity contribution in [1.29, 1.82) is 0 Å². The van der Waals surface area contributed by atoms with Crippen LogP contribution in [0.2, 0.25) is 10.0 Å². The van der Waals surface area contributed by atoms with Crippen molar-refractivity contribution in [2.24, 2.45) is 0 Å². The number of unbranched alkanes of at least 4 members (excludes halogenated alkanes) is 2. The zero-order chi connectivity index (χ0) is 11.1. The minimum absolute atomic E-state index is 0.617. The largest absolute Gasteiger partial charge is 0.313 e.